The lowest BCUT2D eigenvalue weighted by Gasteiger charge is -2.11. The molecule has 3 rings (SSSR count). The van der Waals surface area contributed by atoms with Crippen LogP contribution in [0, 0.1) is 5.82 Å². The summed E-state index contributed by atoms with van der Waals surface area (Å²) < 4.78 is 23.5. The van der Waals surface area contributed by atoms with E-state index in [1.165, 1.54) is 12.1 Å². The molecule has 2 N–H and O–H groups in total. The Morgan fingerprint density at radius 3 is 2.30 bits per heavy atom. The maximum atomic E-state index is 13.0. The quantitative estimate of drug-likeness (QED) is 0.629. The first-order chi connectivity index (χ1) is 13.2. The Balaban J connectivity index is 1.59. The van der Waals surface area contributed by atoms with Gasteiger partial charge in [0.05, 0.1) is 14.2 Å². The van der Waals surface area contributed by atoms with E-state index in [-0.39, 0.29) is 5.82 Å². The summed E-state index contributed by atoms with van der Waals surface area (Å²) in [5, 5.41) is 6.39. The highest BCUT2D eigenvalue weighted by Crippen LogP contribution is 2.27. The molecule has 0 atom stereocenters. The molecule has 140 valence electrons. The van der Waals surface area contributed by atoms with Crippen LogP contribution < -0.4 is 20.1 Å². The van der Waals surface area contributed by atoms with Crippen molar-refractivity contribution in [3.8, 4) is 11.5 Å². The third-order valence-electron chi connectivity index (χ3n) is 3.94. The van der Waals surface area contributed by atoms with Gasteiger partial charge in [0.2, 0.25) is 5.95 Å². The lowest BCUT2D eigenvalue weighted by atomic mass is 10.2. The first-order valence-electron chi connectivity index (χ1n) is 8.44. The highest BCUT2D eigenvalue weighted by atomic mass is 19.1. The van der Waals surface area contributed by atoms with E-state index in [4.69, 9.17) is 9.47 Å². The van der Waals surface area contributed by atoms with E-state index in [1.54, 1.807) is 38.6 Å². The van der Waals surface area contributed by atoms with Gasteiger partial charge in [0, 0.05) is 19.3 Å². The number of nitrogens with one attached hydrogen (secondary N) is 2. The number of aromatic nitrogens is 2. The standard InChI is InChI=1S/C20H21FN4O2/c1-26-17-8-5-15(11-18(17)27-2)13-24-20-22-10-9-19(25-20)23-12-14-3-6-16(21)7-4-14/h3-11H,12-13H2,1-2H3,(H2,22,23,24,25). The number of hydrogen-bond donors (Lipinski definition) is 2. The minimum Gasteiger partial charge on any atom is -0.493 e. The van der Waals surface area contributed by atoms with Crippen molar-refractivity contribution >= 4 is 11.8 Å². The number of nitrogens with zero attached hydrogens (tertiary/aromatic N) is 2. The maximum absolute atomic E-state index is 13.0. The molecule has 1 heterocycles. The van der Waals surface area contributed by atoms with Crippen molar-refractivity contribution in [2.24, 2.45) is 0 Å². The van der Waals surface area contributed by atoms with E-state index in [9.17, 15) is 4.39 Å². The molecule has 0 amide bonds. The second-order valence-corrected chi connectivity index (χ2v) is 5.79. The summed E-state index contributed by atoms with van der Waals surface area (Å²) >= 11 is 0. The first kappa shape index (κ1) is 18.4. The fraction of sp³-hybridized carbons (Fsp3) is 0.200. The Bertz CT molecular complexity index is 887. The summed E-state index contributed by atoms with van der Waals surface area (Å²) in [6.45, 7) is 1.09. The van der Waals surface area contributed by atoms with Crippen LogP contribution in [0.15, 0.2) is 54.7 Å². The van der Waals surface area contributed by atoms with Crippen molar-refractivity contribution in [2.75, 3.05) is 24.9 Å². The molecule has 3 aromatic rings. The van der Waals surface area contributed by atoms with Gasteiger partial charge in [0.1, 0.15) is 11.6 Å². The molecular weight excluding hydrogens is 347 g/mol. The van der Waals surface area contributed by atoms with Gasteiger partial charge in [-0.05, 0) is 41.5 Å². The van der Waals surface area contributed by atoms with Gasteiger partial charge in [-0.3, -0.25) is 0 Å². The Hall–Kier alpha value is -3.35. The van der Waals surface area contributed by atoms with Gasteiger partial charge >= 0.3 is 0 Å². The van der Waals surface area contributed by atoms with Crippen LogP contribution in [0.5, 0.6) is 11.5 Å². The zero-order valence-corrected chi connectivity index (χ0v) is 15.2. The fourth-order valence-electron chi connectivity index (χ4n) is 2.51. The number of methoxy groups -OCH3 is 2. The van der Waals surface area contributed by atoms with Crippen molar-refractivity contribution in [1.29, 1.82) is 0 Å². The van der Waals surface area contributed by atoms with Crippen molar-refractivity contribution in [3.63, 3.8) is 0 Å². The molecular formula is C20H21FN4O2. The van der Waals surface area contributed by atoms with Crippen LogP contribution in [-0.2, 0) is 13.1 Å². The predicted molar refractivity (Wildman–Crippen MR) is 103 cm³/mol. The molecule has 0 aliphatic rings. The molecule has 0 saturated carbocycles. The molecule has 2 aromatic carbocycles. The van der Waals surface area contributed by atoms with Crippen LogP contribution in [-0.4, -0.2) is 24.2 Å². The van der Waals surface area contributed by atoms with Crippen LogP contribution in [0.3, 0.4) is 0 Å². The van der Waals surface area contributed by atoms with Crippen molar-refractivity contribution in [1.82, 2.24) is 9.97 Å². The highest BCUT2D eigenvalue weighted by Gasteiger charge is 2.05. The van der Waals surface area contributed by atoms with E-state index in [0.29, 0.717) is 36.4 Å². The Morgan fingerprint density at radius 1 is 0.852 bits per heavy atom. The van der Waals surface area contributed by atoms with Crippen molar-refractivity contribution in [2.45, 2.75) is 13.1 Å². The van der Waals surface area contributed by atoms with E-state index < -0.39 is 0 Å². The van der Waals surface area contributed by atoms with Crippen LogP contribution in [0.1, 0.15) is 11.1 Å². The lowest BCUT2D eigenvalue weighted by Crippen LogP contribution is -2.07. The van der Waals surface area contributed by atoms with E-state index >= 15 is 0 Å². The van der Waals surface area contributed by atoms with Crippen LogP contribution in [0.2, 0.25) is 0 Å². The number of hydrogen-bond acceptors (Lipinski definition) is 6. The van der Waals surface area contributed by atoms with Gasteiger partial charge in [0.15, 0.2) is 11.5 Å². The molecule has 0 aliphatic heterocycles. The normalized spacial score (nSPS) is 10.3. The predicted octanol–water partition coefficient (Wildman–Crippen LogP) is 3.86. The summed E-state index contributed by atoms with van der Waals surface area (Å²) in [6.07, 6.45) is 1.68. The molecule has 0 fully saturated rings. The van der Waals surface area contributed by atoms with Crippen LogP contribution >= 0.6 is 0 Å². The first-order valence-corrected chi connectivity index (χ1v) is 8.44. The second-order valence-electron chi connectivity index (χ2n) is 5.79. The van der Waals surface area contributed by atoms with Gasteiger partial charge in [-0.2, -0.15) is 4.98 Å². The Kier molecular flexibility index (Phi) is 6.04. The molecule has 0 bridgehead atoms. The highest BCUT2D eigenvalue weighted by molar-refractivity contribution is 5.45. The SMILES string of the molecule is COc1ccc(CNc2nccc(NCc3ccc(F)cc3)n2)cc1OC. The van der Waals surface area contributed by atoms with Gasteiger partial charge in [0.25, 0.3) is 0 Å². The maximum Gasteiger partial charge on any atom is 0.224 e. The molecule has 0 spiro atoms. The summed E-state index contributed by atoms with van der Waals surface area (Å²) in [6, 6.07) is 13.8. The number of rotatable bonds is 8. The van der Waals surface area contributed by atoms with Gasteiger partial charge in [-0.25, -0.2) is 9.37 Å². The summed E-state index contributed by atoms with van der Waals surface area (Å²) in [4.78, 5) is 8.66. The minimum absolute atomic E-state index is 0.248. The summed E-state index contributed by atoms with van der Waals surface area (Å²) in [5.41, 5.74) is 1.98. The zero-order valence-electron chi connectivity index (χ0n) is 15.2. The third-order valence-corrected chi connectivity index (χ3v) is 3.94. The molecule has 0 aliphatic carbocycles. The second kappa shape index (κ2) is 8.84. The van der Waals surface area contributed by atoms with Crippen LogP contribution in [0.25, 0.3) is 0 Å². The Morgan fingerprint density at radius 2 is 1.56 bits per heavy atom. The van der Waals surface area contributed by atoms with E-state index in [0.717, 1.165) is 11.1 Å². The number of halogens is 1. The van der Waals surface area contributed by atoms with Crippen LogP contribution in [0.4, 0.5) is 16.2 Å². The molecule has 0 radical (unpaired) electrons. The van der Waals surface area contributed by atoms with Gasteiger partial charge < -0.3 is 20.1 Å². The largest absolute Gasteiger partial charge is 0.493 e. The monoisotopic (exact) mass is 368 g/mol. The lowest BCUT2D eigenvalue weighted by molar-refractivity contribution is 0.354. The number of ether oxygens (including phenoxy) is 2. The minimum atomic E-state index is -0.248. The molecule has 0 saturated heterocycles. The van der Waals surface area contributed by atoms with E-state index in [2.05, 4.69) is 20.6 Å². The smallest absolute Gasteiger partial charge is 0.224 e. The molecule has 27 heavy (non-hydrogen) atoms. The topological polar surface area (TPSA) is 68.3 Å². The third kappa shape index (κ3) is 5.07. The molecule has 7 heteroatoms. The van der Waals surface area contributed by atoms with Crippen molar-refractivity contribution in [3.05, 3.63) is 71.7 Å². The molecule has 6 nitrogen and oxygen atoms in total. The zero-order chi connectivity index (χ0) is 19.1. The number of benzene rings is 2. The van der Waals surface area contributed by atoms with Crippen molar-refractivity contribution < 1.29 is 13.9 Å². The number of anilines is 2. The van der Waals surface area contributed by atoms with Gasteiger partial charge in [-0.1, -0.05) is 18.2 Å². The molecule has 0 unspecified atom stereocenters. The van der Waals surface area contributed by atoms with E-state index in [1.807, 2.05) is 18.2 Å². The average molecular weight is 368 g/mol. The molecule has 1 aromatic heterocycles. The average Bonchev–Trinajstić information content (AvgIpc) is 2.72. The summed E-state index contributed by atoms with van der Waals surface area (Å²) in [5.74, 6) is 2.30. The Labute approximate surface area is 157 Å². The summed E-state index contributed by atoms with van der Waals surface area (Å²) in [7, 11) is 3.21. The fourth-order valence-corrected chi connectivity index (χ4v) is 2.51. The van der Waals surface area contributed by atoms with Gasteiger partial charge in [-0.15, -0.1) is 0 Å².